The average molecular weight is 436 g/mol. The first-order chi connectivity index (χ1) is 14.9. The fourth-order valence-corrected chi connectivity index (χ4v) is 3.91. The highest BCUT2D eigenvalue weighted by Gasteiger charge is 2.25. The normalized spacial score (nSPS) is 13.0. The molecule has 9 heteroatoms. The van der Waals surface area contributed by atoms with Crippen LogP contribution in [0.5, 0.6) is 0 Å². The van der Waals surface area contributed by atoms with Crippen LogP contribution in [0, 0.1) is 24.0 Å². The van der Waals surface area contributed by atoms with Crippen LogP contribution in [0.2, 0.25) is 0 Å². The summed E-state index contributed by atoms with van der Waals surface area (Å²) in [5, 5.41) is 18.0. The fourth-order valence-electron chi connectivity index (χ4n) is 3.05. The average Bonchev–Trinajstić information content (AvgIpc) is 3.53. The molecule has 0 bridgehead atoms. The Morgan fingerprint density at radius 3 is 2.35 bits per heavy atom. The van der Waals surface area contributed by atoms with E-state index < -0.39 is 10.8 Å². The summed E-state index contributed by atoms with van der Waals surface area (Å²) < 4.78 is 0. The Bertz CT molecular complexity index is 1130. The van der Waals surface area contributed by atoms with Gasteiger partial charge in [-0.3, -0.25) is 14.9 Å². The van der Waals surface area contributed by atoms with Gasteiger partial charge in [-0.1, -0.05) is 0 Å². The van der Waals surface area contributed by atoms with E-state index in [1.54, 1.807) is 24.3 Å². The molecule has 0 radical (unpaired) electrons. The predicted molar refractivity (Wildman–Crippen MR) is 120 cm³/mol. The van der Waals surface area contributed by atoms with Crippen molar-refractivity contribution in [2.75, 3.05) is 10.6 Å². The van der Waals surface area contributed by atoms with E-state index in [1.165, 1.54) is 17.8 Å². The van der Waals surface area contributed by atoms with Crippen LogP contribution in [0.25, 0.3) is 0 Å². The third-order valence-electron chi connectivity index (χ3n) is 4.68. The van der Waals surface area contributed by atoms with Crippen molar-refractivity contribution in [2.45, 2.75) is 42.8 Å². The molecule has 1 aromatic heterocycles. The molecular weight excluding hydrogens is 414 g/mol. The van der Waals surface area contributed by atoms with E-state index in [0.717, 1.165) is 29.1 Å². The second-order valence-corrected chi connectivity index (χ2v) is 8.46. The molecule has 1 aliphatic carbocycles. The number of aromatic nitrogens is 2. The molecule has 4 rings (SSSR count). The van der Waals surface area contributed by atoms with E-state index in [4.69, 9.17) is 0 Å². The molecule has 0 saturated heterocycles. The number of amides is 1. The van der Waals surface area contributed by atoms with Gasteiger partial charge in [-0.2, -0.15) is 0 Å². The molecule has 2 aromatic carbocycles. The van der Waals surface area contributed by atoms with Crippen LogP contribution in [0.15, 0.2) is 58.6 Å². The van der Waals surface area contributed by atoms with Gasteiger partial charge in [0.2, 0.25) is 0 Å². The SMILES string of the molecule is Cc1cc(C)nc(Sc2ccc(NC(=O)c3ccc(NC4CC4)c([N+](=O)[O-])c3)cc2)n1. The van der Waals surface area contributed by atoms with Crippen molar-refractivity contribution in [1.29, 1.82) is 0 Å². The minimum Gasteiger partial charge on any atom is -0.377 e. The van der Waals surface area contributed by atoms with Gasteiger partial charge in [-0.05, 0) is 80.9 Å². The Hall–Kier alpha value is -3.46. The summed E-state index contributed by atoms with van der Waals surface area (Å²) in [6, 6.07) is 14.0. The lowest BCUT2D eigenvalue weighted by Crippen LogP contribution is -2.13. The molecule has 3 aromatic rings. The quantitative estimate of drug-likeness (QED) is 0.306. The number of nitrogens with zero attached hydrogens (tertiary/aromatic N) is 3. The van der Waals surface area contributed by atoms with Crippen LogP contribution in [0.4, 0.5) is 17.1 Å². The number of rotatable bonds is 7. The number of carbonyl (C=O) groups excluding carboxylic acids is 1. The first-order valence-corrected chi connectivity index (χ1v) is 10.7. The Morgan fingerprint density at radius 1 is 1.06 bits per heavy atom. The lowest BCUT2D eigenvalue weighted by molar-refractivity contribution is -0.384. The van der Waals surface area contributed by atoms with Gasteiger partial charge < -0.3 is 10.6 Å². The Labute approximate surface area is 183 Å². The summed E-state index contributed by atoms with van der Waals surface area (Å²) in [5.74, 6) is -0.404. The minimum atomic E-state index is -0.470. The van der Waals surface area contributed by atoms with Gasteiger partial charge in [-0.25, -0.2) is 9.97 Å². The third kappa shape index (κ3) is 5.37. The monoisotopic (exact) mass is 435 g/mol. The maximum atomic E-state index is 12.6. The molecule has 0 unspecified atom stereocenters. The lowest BCUT2D eigenvalue weighted by Gasteiger charge is -2.09. The third-order valence-corrected chi connectivity index (χ3v) is 5.55. The molecule has 0 atom stereocenters. The number of nitro groups is 1. The number of carbonyl (C=O) groups is 1. The van der Waals surface area contributed by atoms with Crippen LogP contribution in [-0.2, 0) is 0 Å². The molecule has 0 spiro atoms. The maximum absolute atomic E-state index is 12.6. The van der Waals surface area contributed by atoms with Gasteiger partial charge in [-0.15, -0.1) is 0 Å². The lowest BCUT2D eigenvalue weighted by atomic mass is 10.1. The molecule has 158 valence electrons. The van der Waals surface area contributed by atoms with Gasteiger partial charge in [0.25, 0.3) is 11.6 Å². The summed E-state index contributed by atoms with van der Waals surface area (Å²) in [6.45, 7) is 3.85. The second-order valence-electron chi connectivity index (χ2n) is 7.42. The fraction of sp³-hybridized carbons (Fsp3) is 0.227. The van der Waals surface area contributed by atoms with Gasteiger partial charge >= 0.3 is 0 Å². The van der Waals surface area contributed by atoms with Crippen LogP contribution < -0.4 is 10.6 Å². The molecular formula is C22H21N5O3S. The minimum absolute atomic E-state index is 0.0975. The molecule has 8 nitrogen and oxygen atoms in total. The molecule has 1 heterocycles. The van der Waals surface area contributed by atoms with E-state index in [-0.39, 0.29) is 17.3 Å². The summed E-state index contributed by atoms with van der Waals surface area (Å²) in [5.41, 5.74) is 2.99. The molecule has 2 N–H and O–H groups in total. The summed E-state index contributed by atoms with van der Waals surface area (Å²) in [7, 11) is 0. The first-order valence-electron chi connectivity index (χ1n) is 9.84. The van der Waals surface area contributed by atoms with E-state index in [0.29, 0.717) is 16.5 Å². The van der Waals surface area contributed by atoms with Gasteiger partial charge in [0.15, 0.2) is 5.16 Å². The van der Waals surface area contributed by atoms with Crippen molar-refractivity contribution in [3.8, 4) is 0 Å². The summed E-state index contributed by atoms with van der Waals surface area (Å²) in [4.78, 5) is 33.3. The zero-order valence-electron chi connectivity index (χ0n) is 17.1. The van der Waals surface area contributed by atoms with Gasteiger partial charge in [0.05, 0.1) is 4.92 Å². The number of nitro benzene ring substituents is 1. The maximum Gasteiger partial charge on any atom is 0.293 e. The van der Waals surface area contributed by atoms with Crippen molar-refractivity contribution in [2.24, 2.45) is 0 Å². The molecule has 31 heavy (non-hydrogen) atoms. The first kappa shape index (κ1) is 20.8. The Balaban J connectivity index is 1.44. The molecule has 1 amide bonds. The zero-order chi connectivity index (χ0) is 22.0. The van der Waals surface area contributed by atoms with Gasteiger partial charge in [0.1, 0.15) is 5.69 Å². The second kappa shape index (κ2) is 8.73. The smallest absolute Gasteiger partial charge is 0.293 e. The van der Waals surface area contributed by atoms with Crippen molar-refractivity contribution in [3.05, 3.63) is 75.6 Å². The summed E-state index contributed by atoms with van der Waals surface area (Å²) in [6.07, 6.45) is 2.01. The van der Waals surface area contributed by atoms with Crippen molar-refractivity contribution in [1.82, 2.24) is 9.97 Å². The number of aryl methyl sites for hydroxylation is 2. The number of hydrogen-bond acceptors (Lipinski definition) is 7. The number of hydrogen-bond donors (Lipinski definition) is 2. The van der Waals surface area contributed by atoms with Crippen molar-refractivity contribution < 1.29 is 9.72 Å². The number of nitrogens with one attached hydrogen (secondary N) is 2. The van der Waals surface area contributed by atoms with Crippen molar-refractivity contribution >= 4 is 34.7 Å². The van der Waals surface area contributed by atoms with E-state index in [2.05, 4.69) is 20.6 Å². The Morgan fingerprint density at radius 2 is 1.74 bits per heavy atom. The summed E-state index contributed by atoms with van der Waals surface area (Å²) >= 11 is 1.44. The zero-order valence-corrected chi connectivity index (χ0v) is 17.9. The molecule has 1 aliphatic rings. The predicted octanol–water partition coefficient (Wildman–Crippen LogP) is 4.98. The van der Waals surface area contributed by atoms with Crippen LogP contribution in [0.3, 0.4) is 0 Å². The molecule has 1 saturated carbocycles. The highest BCUT2D eigenvalue weighted by atomic mass is 32.2. The van der Waals surface area contributed by atoms with Crippen LogP contribution >= 0.6 is 11.8 Å². The standard InChI is InChI=1S/C22H21N5O3S/c1-13-11-14(2)24-22(23-13)31-18-8-6-17(7-9-18)26-21(28)15-3-10-19(25-16-4-5-16)20(12-15)27(29)30/h3,6-12,16,25H,4-5H2,1-2H3,(H,26,28). The van der Waals surface area contributed by atoms with Crippen molar-refractivity contribution in [3.63, 3.8) is 0 Å². The van der Waals surface area contributed by atoms with E-state index in [1.807, 2.05) is 32.0 Å². The van der Waals surface area contributed by atoms with E-state index in [9.17, 15) is 14.9 Å². The van der Waals surface area contributed by atoms with Crippen LogP contribution in [-0.4, -0.2) is 26.8 Å². The van der Waals surface area contributed by atoms with Crippen LogP contribution in [0.1, 0.15) is 34.6 Å². The molecule has 1 fully saturated rings. The highest BCUT2D eigenvalue weighted by molar-refractivity contribution is 7.99. The number of anilines is 2. The van der Waals surface area contributed by atoms with Gasteiger partial charge in [0, 0.05) is 39.6 Å². The largest absolute Gasteiger partial charge is 0.377 e. The highest BCUT2D eigenvalue weighted by Crippen LogP contribution is 2.32. The molecule has 0 aliphatic heterocycles. The Kier molecular flexibility index (Phi) is 5.85. The number of benzene rings is 2. The van der Waals surface area contributed by atoms with E-state index >= 15 is 0 Å². The topological polar surface area (TPSA) is 110 Å².